The van der Waals surface area contributed by atoms with Crippen molar-refractivity contribution < 1.29 is 21.6 Å². The summed E-state index contributed by atoms with van der Waals surface area (Å²) in [5.41, 5.74) is 4.50. The number of hydrogen-bond acceptors (Lipinski definition) is 5. The first-order chi connectivity index (χ1) is 12.9. The lowest BCUT2D eigenvalue weighted by Crippen LogP contribution is -2.12. The summed E-state index contributed by atoms with van der Waals surface area (Å²) in [6, 6.07) is 6.99. The number of nitrogens with zero attached hydrogens (tertiary/aromatic N) is 2. The highest BCUT2D eigenvalue weighted by atomic mass is 35.5. The molecule has 0 fully saturated rings. The maximum Gasteiger partial charge on any atom is 0.417 e. The van der Waals surface area contributed by atoms with Crippen LogP contribution in [0, 0.1) is 0 Å². The Kier molecular flexibility index (Phi) is 5.08. The number of benzene rings is 2. The highest BCUT2D eigenvalue weighted by Gasteiger charge is 2.35. The van der Waals surface area contributed by atoms with Gasteiger partial charge in [0.2, 0.25) is 16.0 Å². The number of rotatable bonds is 4. The summed E-state index contributed by atoms with van der Waals surface area (Å²) < 4.78 is 63.7. The van der Waals surface area contributed by atoms with Crippen LogP contribution in [-0.4, -0.2) is 23.6 Å². The van der Waals surface area contributed by atoms with Crippen LogP contribution in [0.4, 0.5) is 19.1 Å². The number of nitrogen functional groups attached to an aromatic ring is 1. The number of anilines is 1. The molecule has 1 heterocycles. The summed E-state index contributed by atoms with van der Waals surface area (Å²) in [5.74, 6) is 0.260. The first kappa shape index (κ1) is 20.1. The number of nitrogens with two attached hydrogens (primary N) is 2. The molecule has 3 aromatic rings. The molecule has 0 atom stereocenters. The largest absolute Gasteiger partial charge is 0.417 e. The Hall–Kier alpha value is -2.63. The van der Waals surface area contributed by atoms with Gasteiger partial charge in [-0.3, -0.25) is 5.10 Å². The molecule has 0 bridgehead atoms. The van der Waals surface area contributed by atoms with Crippen molar-refractivity contribution >= 4 is 27.6 Å². The number of H-pyrrole nitrogens is 1. The minimum absolute atomic E-state index is 0.0115. The monoisotopic (exact) mass is 431 g/mol. The van der Waals surface area contributed by atoms with Gasteiger partial charge in [0.1, 0.15) is 5.82 Å². The Bertz CT molecular complexity index is 1130. The van der Waals surface area contributed by atoms with Crippen molar-refractivity contribution in [1.29, 1.82) is 0 Å². The molecule has 2 aromatic carbocycles. The van der Waals surface area contributed by atoms with Gasteiger partial charge >= 0.3 is 6.18 Å². The second kappa shape index (κ2) is 7.08. The maximum atomic E-state index is 13.7. The van der Waals surface area contributed by atoms with Crippen LogP contribution >= 0.6 is 11.6 Å². The van der Waals surface area contributed by atoms with Gasteiger partial charge in [0.15, 0.2) is 0 Å². The van der Waals surface area contributed by atoms with E-state index in [0.29, 0.717) is 0 Å². The normalized spacial score (nSPS) is 12.3. The zero-order valence-electron chi connectivity index (χ0n) is 14.0. The molecule has 0 saturated heterocycles. The third-order valence-electron chi connectivity index (χ3n) is 3.85. The molecule has 0 aliphatic rings. The lowest BCUT2D eigenvalue weighted by atomic mass is 9.96. The number of alkyl halides is 3. The predicted molar refractivity (Wildman–Crippen MR) is 96.9 cm³/mol. The van der Waals surface area contributed by atoms with Gasteiger partial charge in [-0.05, 0) is 35.4 Å². The van der Waals surface area contributed by atoms with Crippen molar-refractivity contribution in [3.05, 3.63) is 58.4 Å². The van der Waals surface area contributed by atoms with Gasteiger partial charge in [-0.15, -0.1) is 5.10 Å². The van der Waals surface area contributed by atoms with E-state index in [9.17, 15) is 21.6 Å². The number of aromatic nitrogens is 3. The van der Waals surface area contributed by atoms with Crippen molar-refractivity contribution in [3.8, 4) is 11.1 Å². The SMILES string of the molecule is Nc1n[nH]c(Cc2cc(Cl)c(-c3ccc(S(N)(=O)=O)cc3)c(C(F)(F)F)c2)n1. The first-order valence-corrected chi connectivity index (χ1v) is 9.57. The van der Waals surface area contributed by atoms with Crippen molar-refractivity contribution in [3.63, 3.8) is 0 Å². The van der Waals surface area contributed by atoms with Crippen LogP contribution in [0.2, 0.25) is 5.02 Å². The van der Waals surface area contributed by atoms with Crippen LogP contribution in [-0.2, 0) is 22.6 Å². The molecule has 12 heteroatoms. The van der Waals surface area contributed by atoms with Crippen molar-refractivity contribution in [2.75, 3.05) is 5.73 Å². The fourth-order valence-electron chi connectivity index (χ4n) is 2.68. The van der Waals surface area contributed by atoms with E-state index in [-0.39, 0.29) is 44.8 Å². The lowest BCUT2D eigenvalue weighted by molar-refractivity contribution is -0.137. The molecule has 3 rings (SSSR count). The van der Waals surface area contributed by atoms with Crippen LogP contribution in [0.1, 0.15) is 17.0 Å². The molecule has 0 saturated carbocycles. The van der Waals surface area contributed by atoms with Crippen molar-refractivity contribution in [2.45, 2.75) is 17.5 Å². The van der Waals surface area contributed by atoms with E-state index in [0.717, 1.165) is 18.2 Å². The zero-order valence-corrected chi connectivity index (χ0v) is 15.5. The van der Waals surface area contributed by atoms with Gasteiger partial charge in [0.05, 0.1) is 10.5 Å². The Morgan fingerprint density at radius 1 is 1.14 bits per heavy atom. The topological polar surface area (TPSA) is 128 Å². The molecule has 0 aliphatic carbocycles. The van der Waals surface area contributed by atoms with E-state index in [1.807, 2.05) is 0 Å². The average molecular weight is 432 g/mol. The van der Waals surface area contributed by atoms with Gasteiger partial charge in [-0.2, -0.15) is 18.2 Å². The number of hydrogen-bond donors (Lipinski definition) is 3. The van der Waals surface area contributed by atoms with Crippen LogP contribution in [0.15, 0.2) is 41.3 Å². The zero-order chi connectivity index (χ0) is 20.7. The number of halogens is 4. The van der Waals surface area contributed by atoms with Gasteiger partial charge in [0, 0.05) is 17.0 Å². The Morgan fingerprint density at radius 3 is 2.29 bits per heavy atom. The van der Waals surface area contributed by atoms with Crippen LogP contribution in [0.25, 0.3) is 11.1 Å². The molecule has 1 aromatic heterocycles. The van der Waals surface area contributed by atoms with Crippen LogP contribution in [0.3, 0.4) is 0 Å². The van der Waals surface area contributed by atoms with Gasteiger partial charge in [-0.25, -0.2) is 13.6 Å². The van der Waals surface area contributed by atoms with Gasteiger partial charge in [-0.1, -0.05) is 23.7 Å². The number of aromatic amines is 1. The molecule has 0 radical (unpaired) electrons. The molecular formula is C16H13ClF3N5O2S. The molecular weight excluding hydrogens is 419 g/mol. The summed E-state index contributed by atoms with van der Waals surface area (Å²) in [6.45, 7) is 0. The summed E-state index contributed by atoms with van der Waals surface area (Å²) in [7, 11) is -3.97. The third kappa shape index (κ3) is 4.26. The van der Waals surface area contributed by atoms with Gasteiger partial charge in [0.25, 0.3) is 0 Å². The second-order valence-electron chi connectivity index (χ2n) is 5.88. The lowest BCUT2D eigenvalue weighted by Gasteiger charge is -2.17. The van der Waals surface area contributed by atoms with E-state index in [1.165, 1.54) is 18.2 Å². The first-order valence-electron chi connectivity index (χ1n) is 7.65. The summed E-state index contributed by atoms with van der Waals surface area (Å²) in [6.07, 6.45) is -4.69. The molecule has 5 N–H and O–H groups in total. The van der Waals surface area contributed by atoms with Crippen molar-refractivity contribution in [2.24, 2.45) is 5.14 Å². The smallest absolute Gasteiger partial charge is 0.367 e. The number of primary sulfonamides is 1. The van der Waals surface area contributed by atoms with Crippen molar-refractivity contribution in [1.82, 2.24) is 15.2 Å². The summed E-state index contributed by atoms with van der Waals surface area (Å²) in [5, 5.41) is 11.0. The van der Waals surface area contributed by atoms with Crippen LogP contribution in [0.5, 0.6) is 0 Å². The summed E-state index contributed by atoms with van der Waals surface area (Å²) in [4.78, 5) is 3.64. The number of nitrogens with one attached hydrogen (secondary N) is 1. The highest BCUT2D eigenvalue weighted by molar-refractivity contribution is 7.89. The fraction of sp³-hybridized carbons (Fsp3) is 0.125. The molecule has 0 amide bonds. The molecule has 7 nitrogen and oxygen atoms in total. The van der Waals surface area contributed by atoms with Gasteiger partial charge < -0.3 is 5.73 Å². The predicted octanol–water partition coefficient (Wildman–Crippen LogP) is 2.96. The highest BCUT2D eigenvalue weighted by Crippen LogP contribution is 2.42. The minimum Gasteiger partial charge on any atom is -0.367 e. The number of sulfonamides is 1. The fourth-order valence-corrected chi connectivity index (χ4v) is 3.54. The van der Waals surface area contributed by atoms with E-state index < -0.39 is 21.8 Å². The maximum absolute atomic E-state index is 13.7. The quantitative estimate of drug-likeness (QED) is 0.585. The van der Waals surface area contributed by atoms with E-state index in [2.05, 4.69) is 15.2 Å². The Labute approximate surface area is 162 Å². The average Bonchev–Trinajstić information content (AvgIpc) is 2.98. The van der Waals surface area contributed by atoms with Crippen LogP contribution < -0.4 is 10.9 Å². The van der Waals surface area contributed by atoms with E-state index in [1.54, 1.807) is 0 Å². The standard InChI is InChI=1S/C16H13ClF3N5O2S/c17-12-6-8(7-13-23-15(21)25-24-13)5-11(16(18,19)20)14(12)9-1-3-10(4-2-9)28(22,26)27/h1-6H,7H2,(H2,22,26,27)(H3,21,23,24,25). The third-order valence-corrected chi connectivity index (χ3v) is 5.07. The molecule has 28 heavy (non-hydrogen) atoms. The molecule has 148 valence electrons. The Balaban J connectivity index is 2.10. The second-order valence-corrected chi connectivity index (χ2v) is 7.85. The van der Waals surface area contributed by atoms with E-state index in [4.69, 9.17) is 22.5 Å². The molecule has 0 spiro atoms. The summed E-state index contributed by atoms with van der Waals surface area (Å²) >= 11 is 6.16. The van der Waals surface area contributed by atoms with E-state index >= 15 is 0 Å². The molecule has 0 unspecified atom stereocenters. The molecule has 0 aliphatic heterocycles. The minimum atomic E-state index is -4.70. The Morgan fingerprint density at radius 2 is 1.79 bits per heavy atom.